The Morgan fingerprint density at radius 3 is 2.38 bits per heavy atom. The van der Waals surface area contributed by atoms with Gasteiger partial charge in [0.2, 0.25) is 0 Å². The van der Waals surface area contributed by atoms with Crippen LogP contribution in [0.4, 0.5) is 0 Å². The van der Waals surface area contributed by atoms with Crippen LogP contribution >= 0.6 is 0 Å². The molecule has 0 aliphatic carbocycles. The first kappa shape index (κ1) is 29.1. The third kappa shape index (κ3) is 15.5. The first-order valence-electron chi connectivity index (χ1n) is 10.9. The van der Waals surface area contributed by atoms with E-state index in [0.717, 1.165) is 51.1 Å². The second kappa shape index (κ2) is 20.6. The first-order valence-corrected chi connectivity index (χ1v) is 10.9. The lowest BCUT2D eigenvalue weighted by Gasteiger charge is -2.28. The van der Waals surface area contributed by atoms with E-state index in [1.54, 1.807) is 0 Å². The number of hydrogen-bond donors (Lipinski definition) is 3. The number of rotatable bonds is 15. The zero-order chi connectivity index (χ0) is 22.5. The molecule has 0 radical (unpaired) electrons. The van der Waals surface area contributed by atoms with E-state index in [0.29, 0.717) is 12.4 Å². The Balaban J connectivity index is 0. The van der Waals surface area contributed by atoms with Crippen molar-refractivity contribution in [1.82, 2.24) is 15.1 Å². The monoisotopic (exact) mass is 406 g/mol. The van der Waals surface area contributed by atoms with Crippen molar-refractivity contribution in [1.29, 1.82) is 5.41 Å². The molecule has 0 aromatic carbocycles. The Morgan fingerprint density at radius 2 is 1.86 bits per heavy atom. The molecule has 0 aliphatic heterocycles. The van der Waals surface area contributed by atoms with Crippen LogP contribution in [0.25, 0.3) is 0 Å². The number of aliphatic imine (C=N–C) groups is 1. The molecule has 4 N–H and O–H groups in total. The highest BCUT2D eigenvalue weighted by atomic mass is 15.2. The quantitative estimate of drug-likeness (QED) is 0.214. The minimum atomic E-state index is 0.690. The van der Waals surface area contributed by atoms with Gasteiger partial charge in [0, 0.05) is 51.4 Å². The summed E-state index contributed by atoms with van der Waals surface area (Å²) in [5, 5.41) is 10.5. The summed E-state index contributed by atoms with van der Waals surface area (Å²) in [4.78, 5) is 8.53. The summed E-state index contributed by atoms with van der Waals surface area (Å²) in [5.41, 5.74) is 7.97. The maximum absolute atomic E-state index is 7.04. The molecule has 0 aromatic heterocycles. The Morgan fingerprint density at radius 1 is 1.21 bits per heavy atom. The zero-order valence-electron chi connectivity index (χ0n) is 19.8. The molecule has 0 fully saturated rings. The van der Waals surface area contributed by atoms with Crippen LogP contribution in [0.15, 0.2) is 40.9 Å². The van der Waals surface area contributed by atoms with Crippen LogP contribution in [0, 0.1) is 5.41 Å². The summed E-state index contributed by atoms with van der Waals surface area (Å²) >= 11 is 0. The molecule has 0 aromatic rings. The van der Waals surface area contributed by atoms with Gasteiger partial charge in [0.1, 0.15) is 5.82 Å². The third-order valence-electron chi connectivity index (χ3n) is 4.15. The van der Waals surface area contributed by atoms with E-state index in [2.05, 4.69) is 80.5 Å². The first-order chi connectivity index (χ1) is 13.9. The Bertz CT molecular complexity index is 507. The van der Waals surface area contributed by atoms with Gasteiger partial charge in [-0.05, 0) is 39.3 Å². The van der Waals surface area contributed by atoms with Gasteiger partial charge in [-0.3, -0.25) is 0 Å². The van der Waals surface area contributed by atoms with Gasteiger partial charge in [-0.1, -0.05) is 46.3 Å². The average Bonchev–Trinajstić information content (AvgIpc) is 2.71. The normalized spacial score (nSPS) is 11.7. The van der Waals surface area contributed by atoms with Crippen molar-refractivity contribution >= 4 is 12.4 Å². The van der Waals surface area contributed by atoms with E-state index in [1.807, 2.05) is 0 Å². The van der Waals surface area contributed by atoms with Crippen molar-refractivity contribution in [3.05, 3.63) is 35.9 Å². The van der Waals surface area contributed by atoms with Crippen LogP contribution < -0.4 is 11.1 Å². The summed E-state index contributed by atoms with van der Waals surface area (Å²) in [6.45, 7) is 18.7. The highest BCUT2D eigenvalue weighted by Gasteiger charge is 2.09. The van der Waals surface area contributed by atoms with Gasteiger partial charge in [0.05, 0.1) is 5.70 Å². The maximum Gasteiger partial charge on any atom is 0.121 e. The van der Waals surface area contributed by atoms with Gasteiger partial charge in [0.25, 0.3) is 0 Å². The molecular weight excluding hydrogens is 360 g/mol. The summed E-state index contributed by atoms with van der Waals surface area (Å²) in [6, 6.07) is 0. The topological polar surface area (TPSA) is 80.7 Å². The number of allylic oxidation sites excluding steroid dienone is 3. The summed E-state index contributed by atoms with van der Waals surface area (Å²) in [5.74, 6) is 0.690. The molecular formula is C23H46N6. The average molecular weight is 407 g/mol. The SMILES string of the molecule is C=C(/N=C\C=N)N(CC)CCN(C)/C(C)=C(/C=C\CCC)NCCCN.CCC. The van der Waals surface area contributed by atoms with Crippen molar-refractivity contribution in [2.45, 2.75) is 60.3 Å². The molecule has 0 rings (SSSR count). The lowest BCUT2D eigenvalue weighted by molar-refractivity contribution is 0.300. The van der Waals surface area contributed by atoms with Crippen LogP contribution in [-0.2, 0) is 0 Å². The van der Waals surface area contributed by atoms with E-state index < -0.39 is 0 Å². The highest BCUT2D eigenvalue weighted by Crippen LogP contribution is 2.10. The number of nitrogens with one attached hydrogen (secondary N) is 2. The zero-order valence-corrected chi connectivity index (χ0v) is 19.8. The molecule has 168 valence electrons. The molecule has 0 saturated carbocycles. The van der Waals surface area contributed by atoms with Crippen LogP contribution in [0.5, 0.6) is 0 Å². The number of likely N-dealkylation sites (N-methyl/N-ethyl adjacent to an activating group) is 2. The minimum Gasteiger partial charge on any atom is -0.384 e. The smallest absolute Gasteiger partial charge is 0.121 e. The third-order valence-corrected chi connectivity index (χ3v) is 4.15. The van der Waals surface area contributed by atoms with E-state index in [-0.39, 0.29) is 0 Å². The number of nitrogens with zero attached hydrogens (tertiary/aromatic N) is 3. The molecule has 0 unspecified atom stereocenters. The van der Waals surface area contributed by atoms with Crippen molar-refractivity contribution in [3.8, 4) is 0 Å². The molecule has 0 heterocycles. The number of unbranched alkanes of at least 4 members (excludes halogenated alkanes) is 1. The van der Waals surface area contributed by atoms with Crippen LogP contribution in [0.2, 0.25) is 0 Å². The molecule has 6 nitrogen and oxygen atoms in total. The van der Waals surface area contributed by atoms with Gasteiger partial charge in [0.15, 0.2) is 0 Å². The van der Waals surface area contributed by atoms with Gasteiger partial charge in [-0.15, -0.1) is 0 Å². The fourth-order valence-electron chi connectivity index (χ4n) is 2.32. The minimum absolute atomic E-state index is 0.690. The number of nitrogens with two attached hydrogens (primary N) is 1. The van der Waals surface area contributed by atoms with Crippen molar-refractivity contribution in [2.75, 3.05) is 39.8 Å². The fraction of sp³-hybridized carbons (Fsp3) is 0.652. The maximum atomic E-state index is 7.04. The van der Waals surface area contributed by atoms with E-state index in [4.69, 9.17) is 11.1 Å². The van der Waals surface area contributed by atoms with E-state index >= 15 is 0 Å². The Labute approximate surface area is 180 Å². The lowest BCUT2D eigenvalue weighted by atomic mass is 10.2. The Hall–Kier alpha value is -2.08. The second-order valence-electron chi connectivity index (χ2n) is 6.83. The van der Waals surface area contributed by atoms with Gasteiger partial charge >= 0.3 is 0 Å². The largest absolute Gasteiger partial charge is 0.384 e. The molecule has 0 spiro atoms. The van der Waals surface area contributed by atoms with E-state index in [9.17, 15) is 0 Å². The van der Waals surface area contributed by atoms with E-state index in [1.165, 1.54) is 24.5 Å². The standard InChI is InChI=1S/C20H38N6.C3H8/c1-6-8-9-11-20(24-14-10-12-21)18(3)25(5)16-17-26(7-2)19(4)23-15-13-22;1-3-2/h9,11,13,15,22,24H,4,6-8,10,12,14,16-17,21H2,1-3,5H3;3H2,1-2H3/b11-9-,20-18-,22-13?,23-15-;. The second-order valence-corrected chi connectivity index (χ2v) is 6.83. The molecule has 29 heavy (non-hydrogen) atoms. The number of hydrogen-bond acceptors (Lipinski definition) is 6. The molecule has 6 heteroatoms. The predicted molar refractivity (Wildman–Crippen MR) is 131 cm³/mol. The summed E-state index contributed by atoms with van der Waals surface area (Å²) in [7, 11) is 2.10. The van der Waals surface area contributed by atoms with Gasteiger partial charge < -0.3 is 26.3 Å². The van der Waals surface area contributed by atoms with Crippen LogP contribution in [-0.4, -0.2) is 62.0 Å². The summed E-state index contributed by atoms with van der Waals surface area (Å²) < 4.78 is 0. The predicted octanol–water partition coefficient (Wildman–Crippen LogP) is 4.37. The molecule has 0 aliphatic rings. The van der Waals surface area contributed by atoms with Crippen LogP contribution in [0.3, 0.4) is 0 Å². The van der Waals surface area contributed by atoms with Gasteiger partial charge in [-0.2, -0.15) is 0 Å². The molecule has 0 saturated heterocycles. The fourth-order valence-corrected chi connectivity index (χ4v) is 2.32. The Kier molecular flexibility index (Phi) is 20.7. The molecule has 0 amide bonds. The van der Waals surface area contributed by atoms with Crippen molar-refractivity contribution < 1.29 is 0 Å². The van der Waals surface area contributed by atoms with Crippen molar-refractivity contribution in [2.24, 2.45) is 10.7 Å². The molecule has 0 atom stereocenters. The molecule has 0 bridgehead atoms. The lowest BCUT2D eigenvalue weighted by Crippen LogP contribution is -2.33. The van der Waals surface area contributed by atoms with Gasteiger partial charge in [-0.25, -0.2) is 4.99 Å². The summed E-state index contributed by atoms with van der Waals surface area (Å²) in [6.07, 6.45) is 11.4. The van der Waals surface area contributed by atoms with Crippen molar-refractivity contribution in [3.63, 3.8) is 0 Å². The highest BCUT2D eigenvalue weighted by molar-refractivity contribution is 6.14. The van der Waals surface area contributed by atoms with Crippen LogP contribution in [0.1, 0.15) is 60.3 Å².